The fourth-order valence-electron chi connectivity index (χ4n) is 2.01. The first kappa shape index (κ1) is 22.5. The van der Waals surface area contributed by atoms with Crippen molar-refractivity contribution in [2.45, 2.75) is 51.9 Å². The van der Waals surface area contributed by atoms with Crippen LogP contribution in [-0.4, -0.2) is 12.2 Å². The van der Waals surface area contributed by atoms with Crippen LogP contribution in [0.1, 0.15) is 51.0 Å². The Morgan fingerprint density at radius 1 is 0.762 bits per heavy atom. The Hall–Kier alpha value is -0.821. The smallest absolute Gasteiger partial charge is 0.0319 e. The van der Waals surface area contributed by atoms with E-state index in [0.717, 1.165) is 7.11 Å². The van der Waals surface area contributed by atoms with Gasteiger partial charge in [0, 0.05) is 24.2 Å². The van der Waals surface area contributed by atoms with Crippen LogP contribution in [-0.2, 0) is 23.5 Å². The average molecular weight is 330 g/mol. The van der Waals surface area contributed by atoms with Gasteiger partial charge in [0.15, 0.2) is 0 Å². The molecular formula is C19H30FeO-6. The van der Waals surface area contributed by atoms with Crippen LogP contribution in [0, 0.1) is 0 Å². The van der Waals surface area contributed by atoms with Crippen molar-refractivity contribution >= 4 is 0 Å². The fraction of sp³-hybridized carbons (Fsp3) is 0.474. The molecule has 0 heterocycles. The second-order valence-corrected chi connectivity index (χ2v) is 4.77. The van der Waals surface area contributed by atoms with E-state index in [1.807, 2.05) is 30.3 Å². The normalized spacial score (nSPS) is 8.71. The van der Waals surface area contributed by atoms with Crippen LogP contribution in [0.4, 0.5) is 0 Å². The number of aryl methyl sites for hydroxylation is 1. The SMILES string of the molecule is CCCCCCCC[c-]1cccc1.CO.[Fe].[cH-]1[cH-][cH-][cH-][cH-]1. The van der Waals surface area contributed by atoms with E-state index in [-0.39, 0.29) is 17.1 Å². The zero-order valence-corrected chi connectivity index (χ0v) is 14.6. The minimum atomic E-state index is 0. The molecule has 0 aliphatic carbocycles. The first-order valence-corrected chi connectivity index (χ1v) is 7.75. The minimum Gasteiger partial charge on any atom is -0.748 e. The monoisotopic (exact) mass is 330 g/mol. The molecule has 0 unspecified atom stereocenters. The van der Waals surface area contributed by atoms with E-state index in [2.05, 4.69) is 31.2 Å². The van der Waals surface area contributed by atoms with Gasteiger partial charge in [0.1, 0.15) is 0 Å². The molecule has 0 saturated carbocycles. The van der Waals surface area contributed by atoms with Crippen molar-refractivity contribution in [3.05, 3.63) is 60.2 Å². The summed E-state index contributed by atoms with van der Waals surface area (Å²) in [5.74, 6) is 0. The summed E-state index contributed by atoms with van der Waals surface area (Å²) in [4.78, 5) is 0. The Kier molecular flexibility index (Phi) is 20.5. The van der Waals surface area contributed by atoms with Gasteiger partial charge in [0.2, 0.25) is 0 Å². The number of hydrogen-bond acceptors (Lipinski definition) is 1. The Balaban J connectivity index is 0. The molecule has 0 amide bonds. The molecule has 0 fully saturated rings. The molecule has 0 saturated heterocycles. The van der Waals surface area contributed by atoms with Crippen LogP contribution in [0.15, 0.2) is 54.6 Å². The molecule has 2 aromatic rings. The van der Waals surface area contributed by atoms with Gasteiger partial charge in [-0.3, -0.25) is 0 Å². The van der Waals surface area contributed by atoms with Crippen molar-refractivity contribution < 1.29 is 22.2 Å². The molecule has 0 aliphatic rings. The molecular weight excluding hydrogens is 300 g/mol. The number of aliphatic hydroxyl groups excluding tert-OH is 1. The van der Waals surface area contributed by atoms with E-state index in [4.69, 9.17) is 5.11 Å². The van der Waals surface area contributed by atoms with Gasteiger partial charge in [-0.15, -0.1) is 0 Å². The van der Waals surface area contributed by atoms with Crippen molar-refractivity contribution in [2.75, 3.05) is 7.11 Å². The third-order valence-electron chi connectivity index (χ3n) is 3.11. The molecule has 21 heavy (non-hydrogen) atoms. The standard InChI is InChI=1S/C13H21.C5H5.CH4O.Fe/c1-2-3-4-5-6-7-10-13-11-8-9-12-13;1-2-4-5-3-1;1-2;/h8-9,11-12H,2-7,10H2,1H3;1-5H;2H,1H3;/q-1;-5;;. The van der Waals surface area contributed by atoms with Crippen LogP contribution in [0.2, 0.25) is 0 Å². The molecule has 0 bridgehead atoms. The van der Waals surface area contributed by atoms with E-state index >= 15 is 0 Å². The molecule has 1 N–H and O–H groups in total. The molecule has 0 aliphatic heterocycles. The minimum absolute atomic E-state index is 0. The average Bonchev–Trinajstić information content (AvgIpc) is 3.20. The second-order valence-electron chi connectivity index (χ2n) is 4.77. The zero-order chi connectivity index (χ0) is 14.9. The summed E-state index contributed by atoms with van der Waals surface area (Å²) in [7, 11) is 1.00. The van der Waals surface area contributed by atoms with Crippen LogP contribution >= 0.6 is 0 Å². The van der Waals surface area contributed by atoms with Gasteiger partial charge in [0.05, 0.1) is 0 Å². The van der Waals surface area contributed by atoms with E-state index in [1.165, 1.54) is 50.5 Å². The van der Waals surface area contributed by atoms with Gasteiger partial charge in [-0.05, 0) is 0 Å². The number of rotatable bonds is 7. The molecule has 0 spiro atoms. The summed E-state index contributed by atoms with van der Waals surface area (Å²) < 4.78 is 0. The van der Waals surface area contributed by atoms with Gasteiger partial charge < -0.3 is 35.4 Å². The van der Waals surface area contributed by atoms with Crippen LogP contribution < -0.4 is 0 Å². The predicted molar refractivity (Wildman–Crippen MR) is 89.3 cm³/mol. The molecule has 2 rings (SSSR count). The molecule has 0 aromatic heterocycles. The van der Waals surface area contributed by atoms with Gasteiger partial charge in [-0.2, -0.15) is 17.7 Å². The third kappa shape index (κ3) is 15.4. The summed E-state index contributed by atoms with van der Waals surface area (Å²) in [5.41, 5.74) is 1.51. The van der Waals surface area contributed by atoms with Crippen molar-refractivity contribution in [2.24, 2.45) is 0 Å². The first-order valence-electron chi connectivity index (χ1n) is 7.75. The first-order chi connectivity index (χ1) is 9.93. The summed E-state index contributed by atoms with van der Waals surface area (Å²) in [6.45, 7) is 2.27. The molecule has 0 radical (unpaired) electrons. The van der Waals surface area contributed by atoms with Gasteiger partial charge in [0.25, 0.3) is 0 Å². The summed E-state index contributed by atoms with van der Waals surface area (Å²) in [6, 6.07) is 18.7. The van der Waals surface area contributed by atoms with Crippen molar-refractivity contribution in [1.82, 2.24) is 0 Å². The maximum atomic E-state index is 7.00. The Labute approximate surface area is 141 Å². The molecule has 1 nitrogen and oxygen atoms in total. The van der Waals surface area contributed by atoms with Crippen LogP contribution in [0.5, 0.6) is 0 Å². The number of unbranched alkanes of at least 4 members (excludes halogenated alkanes) is 5. The number of aliphatic hydroxyl groups is 1. The topological polar surface area (TPSA) is 20.2 Å². The molecule has 126 valence electrons. The van der Waals surface area contributed by atoms with Crippen molar-refractivity contribution in [3.63, 3.8) is 0 Å². The maximum Gasteiger partial charge on any atom is 0.0319 e. The Morgan fingerprint density at radius 3 is 1.67 bits per heavy atom. The quantitative estimate of drug-likeness (QED) is 0.414. The van der Waals surface area contributed by atoms with Gasteiger partial charge >= 0.3 is 0 Å². The van der Waals surface area contributed by atoms with E-state index < -0.39 is 0 Å². The molecule has 2 aromatic carbocycles. The Bertz CT molecular complexity index is 320. The maximum absolute atomic E-state index is 7.00. The van der Waals surface area contributed by atoms with E-state index in [0.29, 0.717) is 0 Å². The van der Waals surface area contributed by atoms with Crippen LogP contribution in [0.3, 0.4) is 0 Å². The fourth-order valence-corrected chi connectivity index (χ4v) is 2.01. The number of hydrogen-bond donors (Lipinski definition) is 1. The van der Waals surface area contributed by atoms with Gasteiger partial charge in [-0.25, -0.2) is 12.1 Å². The second kappa shape index (κ2) is 19.2. The summed E-state index contributed by atoms with van der Waals surface area (Å²) >= 11 is 0. The van der Waals surface area contributed by atoms with E-state index in [1.54, 1.807) is 0 Å². The van der Waals surface area contributed by atoms with Crippen LogP contribution in [0.25, 0.3) is 0 Å². The van der Waals surface area contributed by atoms with Crippen molar-refractivity contribution in [3.8, 4) is 0 Å². The third-order valence-corrected chi connectivity index (χ3v) is 3.11. The molecule has 2 heteroatoms. The summed E-state index contributed by atoms with van der Waals surface area (Å²) in [5, 5.41) is 7.00. The Morgan fingerprint density at radius 2 is 1.19 bits per heavy atom. The van der Waals surface area contributed by atoms with Crippen molar-refractivity contribution in [1.29, 1.82) is 0 Å². The molecule has 0 atom stereocenters. The largest absolute Gasteiger partial charge is 0.748 e. The van der Waals surface area contributed by atoms with E-state index in [9.17, 15) is 0 Å². The summed E-state index contributed by atoms with van der Waals surface area (Å²) in [6.07, 6.45) is 9.67. The predicted octanol–water partition coefficient (Wildman–Crippen LogP) is 5.32. The van der Waals surface area contributed by atoms with Gasteiger partial charge in [-0.1, -0.05) is 51.9 Å². The zero-order valence-electron chi connectivity index (χ0n) is 13.4.